The van der Waals surface area contributed by atoms with Gasteiger partial charge in [0.25, 0.3) is 0 Å². The molecule has 4 heteroatoms. The van der Waals surface area contributed by atoms with E-state index in [0.717, 1.165) is 28.5 Å². The number of hydrogen-bond donors (Lipinski definition) is 0. The number of ether oxygens (including phenoxy) is 2. The van der Waals surface area contributed by atoms with E-state index in [1.807, 2.05) is 24.0 Å². The summed E-state index contributed by atoms with van der Waals surface area (Å²) in [7, 11) is 1.67. The maximum Gasteiger partial charge on any atom is 0.222 e. The molecule has 1 aliphatic heterocycles. The molecule has 122 valence electrons. The average Bonchev–Trinajstić information content (AvgIpc) is 2.61. The zero-order valence-corrected chi connectivity index (χ0v) is 13.7. The second kappa shape index (κ2) is 7.01. The fourth-order valence-corrected chi connectivity index (χ4v) is 3.02. The van der Waals surface area contributed by atoms with Crippen LogP contribution < -0.4 is 4.74 Å². The Bertz CT molecular complexity index is 698. The highest BCUT2D eigenvalue weighted by molar-refractivity contribution is 5.84. The Kier molecular flexibility index (Phi) is 4.82. The summed E-state index contributed by atoms with van der Waals surface area (Å²) < 4.78 is 11.2. The van der Waals surface area contributed by atoms with Crippen LogP contribution in [-0.4, -0.2) is 37.6 Å². The minimum Gasteiger partial charge on any atom is -0.497 e. The van der Waals surface area contributed by atoms with E-state index in [4.69, 9.17) is 9.47 Å². The van der Waals surface area contributed by atoms with Crippen molar-refractivity contribution < 1.29 is 14.3 Å². The lowest BCUT2D eigenvalue weighted by Crippen LogP contribution is -2.42. The van der Waals surface area contributed by atoms with E-state index in [1.165, 1.54) is 0 Å². The number of carbonyl (C=O) groups excluding carboxylic acids is 1. The van der Waals surface area contributed by atoms with Crippen molar-refractivity contribution in [1.29, 1.82) is 0 Å². The van der Waals surface area contributed by atoms with Gasteiger partial charge in [0.2, 0.25) is 5.91 Å². The lowest BCUT2D eigenvalue weighted by molar-refractivity contribution is -0.139. The third kappa shape index (κ3) is 3.48. The van der Waals surface area contributed by atoms with Crippen LogP contribution in [-0.2, 0) is 9.53 Å². The molecule has 0 saturated carbocycles. The maximum atomic E-state index is 12.1. The Hall–Kier alpha value is -2.07. The summed E-state index contributed by atoms with van der Waals surface area (Å²) in [6.45, 7) is 3.97. The second-order valence-corrected chi connectivity index (χ2v) is 5.92. The summed E-state index contributed by atoms with van der Waals surface area (Å²) >= 11 is 0. The van der Waals surface area contributed by atoms with Gasteiger partial charge in [-0.2, -0.15) is 0 Å². The minimum atomic E-state index is -0.0453. The topological polar surface area (TPSA) is 38.8 Å². The Labute approximate surface area is 137 Å². The van der Waals surface area contributed by atoms with Crippen LogP contribution in [0.2, 0.25) is 0 Å². The number of rotatable bonds is 4. The van der Waals surface area contributed by atoms with Crippen molar-refractivity contribution in [2.75, 3.05) is 26.8 Å². The first-order valence-corrected chi connectivity index (χ1v) is 8.18. The van der Waals surface area contributed by atoms with Gasteiger partial charge >= 0.3 is 0 Å². The Morgan fingerprint density at radius 1 is 1.26 bits per heavy atom. The highest BCUT2D eigenvalue weighted by Crippen LogP contribution is 2.28. The van der Waals surface area contributed by atoms with E-state index in [-0.39, 0.29) is 12.0 Å². The molecule has 0 radical (unpaired) electrons. The molecule has 4 nitrogen and oxygen atoms in total. The van der Waals surface area contributed by atoms with Gasteiger partial charge in [-0.05, 0) is 41.0 Å². The third-order valence-electron chi connectivity index (χ3n) is 4.33. The highest BCUT2D eigenvalue weighted by atomic mass is 16.5. The quantitative estimate of drug-likeness (QED) is 0.866. The van der Waals surface area contributed by atoms with Crippen molar-refractivity contribution in [3.63, 3.8) is 0 Å². The molecule has 1 fully saturated rings. The van der Waals surface area contributed by atoms with Crippen LogP contribution >= 0.6 is 0 Å². The molecule has 0 unspecified atom stereocenters. The molecule has 0 aromatic heterocycles. The Balaban J connectivity index is 1.80. The number of morpholine rings is 1. The zero-order valence-electron chi connectivity index (χ0n) is 13.7. The number of fused-ring (bicyclic) bond motifs is 1. The van der Waals surface area contributed by atoms with Gasteiger partial charge in [-0.15, -0.1) is 0 Å². The number of carbonyl (C=O) groups is 1. The standard InChI is InChI=1S/C19H23NO3/c1-3-4-19(21)20-9-10-23-18(13-20)16-6-5-15-12-17(22-2)8-7-14(15)11-16/h5-8,11-12,18H,3-4,9-10,13H2,1-2H3/t18-/m1/s1. The van der Waals surface area contributed by atoms with Crippen LogP contribution in [0, 0.1) is 0 Å². The monoisotopic (exact) mass is 313 g/mol. The molecule has 1 atom stereocenters. The first-order chi connectivity index (χ1) is 11.2. The number of benzene rings is 2. The van der Waals surface area contributed by atoms with Gasteiger partial charge in [-0.1, -0.05) is 25.1 Å². The van der Waals surface area contributed by atoms with Crippen molar-refractivity contribution >= 4 is 16.7 Å². The van der Waals surface area contributed by atoms with Gasteiger partial charge in [0.1, 0.15) is 11.9 Å². The summed E-state index contributed by atoms with van der Waals surface area (Å²) in [6.07, 6.45) is 1.46. The van der Waals surface area contributed by atoms with E-state index >= 15 is 0 Å². The van der Waals surface area contributed by atoms with Gasteiger partial charge in [0, 0.05) is 13.0 Å². The van der Waals surface area contributed by atoms with E-state index in [2.05, 4.69) is 24.3 Å². The number of nitrogens with zero attached hydrogens (tertiary/aromatic N) is 1. The van der Waals surface area contributed by atoms with Gasteiger partial charge in [-0.3, -0.25) is 4.79 Å². The lowest BCUT2D eigenvalue weighted by Gasteiger charge is -2.33. The van der Waals surface area contributed by atoms with Gasteiger partial charge < -0.3 is 14.4 Å². The molecule has 1 aliphatic rings. The molecule has 1 saturated heterocycles. The van der Waals surface area contributed by atoms with Crippen LogP contribution in [0.3, 0.4) is 0 Å². The van der Waals surface area contributed by atoms with Crippen molar-refractivity contribution in [3.05, 3.63) is 42.0 Å². The summed E-state index contributed by atoms with van der Waals surface area (Å²) in [4.78, 5) is 14.0. The fraction of sp³-hybridized carbons (Fsp3) is 0.421. The summed E-state index contributed by atoms with van der Waals surface area (Å²) in [5.74, 6) is 1.09. The molecule has 0 spiro atoms. The normalized spacial score (nSPS) is 18.2. The van der Waals surface area contributed by atoms with Crippen LogP contribution in [0.25, 0.3) is 10.8 Å². The third-order valence-corrected chi connectivity index (χ3v) is 4.33. The van der Waals surface area contributed by atoms with E-state index in [1.54, 1.807) is 7.11 Å². The van der Waals surface area contributed by atoms with Crippen molar-refractivity contribution in [2.45, 2.75) is 25.9 Å². The van der Waals surface area contributed by atoms with E-state index in [0.29, 0.717) is 26.1 Å². The largest absolute Gasteiger partial charge is 0.497 e. The second-order valence-electron chi connectivity index (χ2n) is 5.92. The van der Waals surface area contributed by atoms with Crippen LogP contribution in [0.4, 0.5) is 0 Å². The summed E-state index contributed by atoms with van der Waals surface area (Å²) in [5.41, 5.74) is 1.12. The minimum absolute atomic E-state index is 0.0453. The molecular weight excluding hydrogens is 290 g/mol. The molecule has 23 heavy (non-hydrogen) atoms. The first-order valence-electron chi connectivity index (χ1n) is 8.18. The average molecular weight is 313 g/mol. The number of methoxy groups -OCH3 is 1. The smallest absolute Gasteiger partial charge is 0.222 e. The fourth-order valence-electron chi connectivity index (χ4n) is 3.02. The lowest BCUT2D eigenvalue weighted by atomic mass is 10.0. The predicted molar refractivity (Wildman–Crippen MR) is 90.7 cm³/mol. The summed E-state index contributed by atoms with van der Waals surface area (Å²) in [5, 5.41) is 2.30. The van der Waals surface area contributed by atoms with Crippen molar-refractivity contribution in [1.82, 2.24) is 4.90 Å². The molecule has 2 aromatic carbocycles. The number of hydrogen-bond acceptors (Lipinski definition) is 3. The molecular formula is C19H23NO3. The number of amides is 1. The van der Waals surface area contributed by atoms with Crippen molar-refractivity contribution in [3.8, 4) is 5.75 Å². The molecule has 0 N–H and O–H groups in total. The highest BCUT2D eigenvalue weighted by Gasteiger charge is 2.24. The van der Waals surface area contributed by atoms with Gasteiger partial charge in [0.05, 0.1) is 20.3 Å². The molecule has 0 bridgehead atoms. The molecule has 0 aliphatic carbocycles. The SMILES string of the molecule is CCCC(=O)N1CCO[C@@H](c2ccc3cc(OC)ccc3c2)C1. The van der Waals surface area contributed by atoms with Crippen LogP contribution in [0.15, 0.2) is 36.4 Å². The molecule has 2 aromatic rings. The van der Waals surface area contributed by atoms with Crippen LogP contribution in [0.1, 0.15) is 31.4 Å². The predicted octanol–water partition coefficient (Wildman–Crippen LogP) is 3.55. The van der Waals surface area contributed by atoms with E-state index in [9.17, 15) is 4.79 Å². The van der Waals surface area contributed by atoms with Gasteiger partial charge in [-0.25, -0.2) is 0 Å². The molecule has 1 heterocycles. The Morgan fingerprint density at radius 2 is 2.04 bits per heavy atom. The first kappa shape index (κ1) is 15.8. The maximum absolute atomic E-state index is 12.1. The van der Waals surface area contributed by atoms with Gasteiger partial charge in [0.15, 0.2) is 0 Å². The van der Waals surface area contributed by atoms with E-state index < -0.39 is 0 Å². The Morgan fingerprint density at radius 3 is 2.83 bits per heavy atom. The van der Waals surface area contributed by atoms with Crippen molar-refractivity contribution in [2.24, 2.45) is 0 Å². The zero-order chi connectivity index (χ0) is 16.2. The molecule has 3 rings (SSSR count). The van der Waals surface area contributed by atoms with Crippen LogP contribution in [0.5, 0.6) is 5.75 Å². The molecule has 1 amide bonds. The summed E-state index contributed by atoms with van der Waals surface area (Å²) in [6, 6.07) is 12.4.